The zero-order valence-corrected chi connectivity index (χ0v) is 12.7. The van der Waals surface area contributed by atoms with Gasteiger partial charge in [0.05, 0.1) is 26.6 Å². The van der Waals surface area contributed by atoms with E-state index in [0.717, 1.165) is 11.3 Å². The molecule has 1 aliphatic heterocycles. The predicted octanol–water partition coefficient (Wildman–Crippen LogP) is 0.944. The van der Waals surface area contributed by atoms with Gasteiger partial charge in [0.2, 0.25) is 0 Å². The minimum Gasteiger partial charge on any atom is -0.493 e. The monoisotopic (exact) mass is 298 g/mol. The smallest absolute Gasteiger partial charge is 0.365 e. The maximum absolute atomic E-state index is 11.7. The van der Waals surface area contributed by atoms with Gasteiger partial charge in [-0.15, -0.1) is 0 Å². The largest absolute Gasteiger partial charge is 0.493 e. The number of ether oxygens (including phenoxy) is 3. The molecule has 0 spiro atoms. The fourth-order valence-corrected chi connectivity index (χ4v) is 3.46. The van der Waals surface area contributed by atoms with E-state index in [1.165, 1.54) is 0 Å². The third kappa shape index (κ3) is 3.19. The Balaban J connectivity index is 2.08. The lowest BCUT2D eigenvalue weighted by molar-refractivity contribution is -0.685. The Kier molecular flexibility index (Phi) is 5.14. The highest BCUT2D eigenvalue weighted by Crippen LogP contribution is 2.34. The number of rotatable bonds is 5. The van der Waals surface area contributed by atoms with Crippen molar-refractivity contribution in [3.05, 3.63) is 23.8 Å². The normalized spacial score (nSPS) is 21.6. The number of hydrogen-bond donors (Lipinski definition) is 1. The van der Waals surface area contributed by atoms with Crippen molar-refractivity contribution < 1.29 is 24.3 Å². The molecule has 2 rings (SSSR count). The SMILES string of the molecule is CCOC(=O)[C@@H]1CS[C@H](c2ccc(OC)c(OC)c2)[NH2+]1. The van der Waals surface area contributed by atoms with Crippen molar-refractivity contribution in [2.45, 2.75) is 18.3 Å². The van der Waals surface area contributed by atoms with Crippen LogP contribution in [0.25, 0.3) is 0 Å². The molecule has 1 fully saturated rings. The van der Waals surface area contributed by atoms with Crippen LogP contribution in [0.4, 0.5) is 0 Å². The van der Waals surface area contributed by atoms with Crippen molar-refractivity contribution in [2.24, 2.45) is 0 Å². The van der Waals surface area contributed by atoms with Crippen LogP contribution in [0.15, 0.2) is 18.2 Å². The van der Waals surface area contributed by atoms with Gasteiger partial charge in [0.1, 0.15) is 0 Å². The van der Waals surface area contributed by atoms with Crippen molar-refractivity contribution in [1.29, 1.82) is 0 Å². The average Bonchev–Trinajstić information content (AvgIpc) is 2.96. The number of methoxy groups -OCH3 is 2. The molecule has 5 nitrogen and oxygen atoms in total. The molecule has 1 saturated heterocycles. The fraction of sp³-hybridized carbons (Fsp3) is 0.500. The molecule has 20 heavy (non-hydrogen) atoms. The van der Waals surface area contributed by atoms with Crippen molar-refractivity contribution >= 4 is 17.7 Å². The number of carbonyl (C=O) groups excluding carboxylic acids is 1. The molecule has 1 aliphatic rings. The lowest BCUT2D eigenvalue weighted by Crippen LogP contribution is -2.89. The van der Waals surface area contributed by atoms with Crippen LogP contribution in [0, 0.1) is 0 Å². The van der Waals surface area contributed by atoms with E-state index in [1.54, 1.807) is 26.0 Å². The Morgan fingerprint density at radius 2 is 2.10 bits per heavy atom. The van der Waals surface area contributed by atoms with Crippen LogP contribution in [0.3, 0.4) is 0 Å². The summed E-state index contributed by atoms with van der Waals surface area (Å²) in [5.74, 6) is 2.04. The Hall–Kier alpha value is -1.40. The van der Waals surface area contributed by atoms with E-state index >= 15 is 0 Å². The minimum atomic E-state index is -0.136. The molecule has 2 N–H and O–H groups in total. The Morgan fingerprint density at radius 3 is 2.75 bits per heavy atom. The van der Waals surface area contributed by atoms with Gasteiger partial charge in [-0.05, 0) is 25.1 Å². The van der Waals surface area contributed by atoms with Gasteiger partial charge in [-0.3, -0.25) is 0 Å². The Morgan fingerprint density at radius 1 is 1.35 bits per heavy atom. The first-order chi connectivity index (χ1) is 9.69. The van der Waals surface area contributed by atoms with Gasteiger partial charge in [0.15, 0.2) is 22.9 Å². The second-order valence-corrected chi connectivity index (χ2v) is 5.59. The van der Waals surface area contributed by atoms with Crippen LogP contribution in [-0.2, 0) is 9.53 Å². The standard InChI is InChI=1S/C14H19NO4S/c1-4-19-14(16)10-8-20-13(15-10)9-5-6-11(17-2)12(7-9)18-3/h5-7,10,13,15H,4,8H2,1-3H3/p+1/t10-,13+/m0/s1. The lowest BCUT2D eigenvalue weighted by Gasteiger charge is -2.13. The summed E-state index contributed by atoms with van der Waals surface area (Å²) < 4.78 is 15.6. The summed E-state index contributed by atoms with van der Waals surface area (Å²) in [5, 5.41) is 2.23. The molecule has 1 heterocycles. The molecule has 0 aromatic heterocycles. The zero-order chi connectivity index (χ0) is 14.5. The third-order valence-corrected chi connectivity index (χ3v) is 4.53. The lowest BCUT2D eigenvalue weighted by atomic mass is 10.2. The summed E-state index contributed by atoms with van der Waals surface area (Å²) in [6, 6.07) is 5.72. The molecule has 0 unspecified atom stereocenters. The van der Waals surface area contributed by atoms with Gasteiger partial charge in [0, 0.05) is 5.56 Å². The third-order valence-electron chi connectivity index (χ3n) is 3.19. The summed E-state index contributed by atoms with van der Waals surface area (Å²) in [4.78, 5) is 11.7. The van der Waals surface area contributed by atoms with E-state index in [-0.39, 0.29) is 17.4 Å². The first kappa shape index (κ1) is 15.0. The molecule has 110 valence electrons. The summed E-state index contributed by atoms with van der Waals surface area (Å²) in [6.07, 6.45) is 0. The molecular weight excluding hydrogens is 278 g/mol. The first-order valence-corrected chi connectivity index (χ1v) is 7.59. The van der Waals surface area contributed by atoms with E-state index in [1.807, 2.05) is 30.4 Å². The predicted molar refractivity (Wildman–Crippen MR) is 77.1 cm³/mol. The average molecular weight is 298 g/mol. The van der Waals surface area contributed by atoms with Crippen molar-refractivity contribution in [2.75, 3.05) is 26.6 Å². The van der Waals surface area contributed by atoms with Crippen LogP contribution in [0.1, 0.15) is 17.9 Å². The second kappa shape index (κ2) is 6.85. The minimum absolute atomic E-state index is 0.127. The number of hydrogen-bond acceptors (Lipinski definition) is 5. The number of thioether (sulfide) groups is 1. The molecule has 0 radical (unpaired) electrons. The van der Waals surface area contributed by atoms with Crippen molar-refractivity contribution in [1.82, 2.24) is 0 Å². The van der Waals surface area contributed by atoms with Gasteiger partial charge in [0.25, 0.3) is 0 Å². The maximum atomic E-state index is 11.7. The highest BCUT2D eigenvalue weighted by molar-refractivity contribution is 7.99. The number of benzene rings is 1. The van der Waals surface area contributed by atoms with Gasteiger partial charge >= 0.3 is 5.97 Å². The number of carbonyl (C=O) groups is 1. The summed E-state index contributed by atoms with van der Waals surface area (Å²) in [5.41, 5.74) is 1.11. The van der Waals surface area contributed by atoms with Crippen LogP contribution < -0.4 is 14.8 Å². The van der Waals surface area contributed by atoms with Crippen LogP contribution in [0.2, 0.25) is 0 Å². The topological polar surface area (TPSA) is 61.4 Å². The molecule has 1 aromatic carbocycles. The Labute approximate surface area is 123 Å². The van der Waals surface area contributed by atoms with E-state index in [2.05, 4.69) is 0 Å². The van der Waals surface area contributed by atoms with Crippen molar-refractivity contribution in [3.63, 3.8) is 0 Å². The fourth-order valence-electron chi connectivity index (χ4n) is 2.16. The second-order valence-electron chi connectivity index (χ2n) is 4.42. The van der Waals surface area contributed by atoms with Crippen LogP contribution >= 0.6 is 11.8 Å². The Bertz CT molecular complexity index is 480. The van der Waals surface area contributed by atoms with Crippen LogP contribution in [0.5, 0.6) is 11.5 Å². The maximum Gasteiger partial charge on any atom is 0.365 e. The van der Waals surface area contributed by atoms with E-state index in [4.69, 9.17) is 14.2 Å². The molecule has 0 amide bonds. The summed E-state index contributed by atoms with van der Waals surface area (Å²) in [6.45, 7) is 2.25. The molecule has 2 atom stereocenters. The number of esters is 1. The first-order valence-electron chi connectivity index (χ1n) is 6.54. The van der Waals surface area contributed by atoms with E-state index in [9.17, 15) is 4.79 Å². The van der Waals surface area contributed by atoms with Crippen molar-refractivity contribution in [3.8, 4) is 11.5 Å². The van der Waals surface area contributed by atoms with Gasteiger partial charge < -0.3 is 19.5 Å². The summed E-state index contributed by atoms with van der Waals surface area (Å²) >= 11 is 1.74. The molecular formula is C14H20NO4S+. The molecule has 0 bridgehead atoms. The molecule has 1 aromatic rings. The number of nitrogens with two attached hydrogens (primary N) is 1. The van der Waals surface area contributed by atoms with Gasteiger partial charge in [-0.2, -0.15) is 0 Å². The highest BCUT2D eigenvalue weighted by atomic mass is 32.2. The van der Waals surface area contributed by atoms with Crippen LogP contribution in [-0.4, -0.2) is 38.6 Å². The quantitative estimate of drug-likeness (QED) is 0.820. The van der Waals surface area contributed by atoms with Gasteiger partial charge in [-0.25, -0.2) is 4.79 Å². The zero-order valence-electron chi connectivity index (χ0n) is 11.9. The highest BCUT2D eigenvalue weighted by Gasteiger charge is 2.36. The summed E-state index contributed by atoms with van der Waals surface area (Å²) in [7, 11) is 3.24. The molecule has 6 heteroatoms. The number of quaternary nitrogens is 1. The van der Waals surface area contributed by atoms with Gasteiger partial charge in [-0.1, -0.05) is 11.8 Å². The van der Waals surface area contributed by atoms with E-state index < -0.39 is 0 Å². The van der Waals surface area contributed by atoms with E-state index in [0.29, 0.717) is 18.1 Å². The molecule has 0 saturated carbocycles. The molecule has 0 aliphatic carbocycles.